The van der Waals surface area contributed by atoms with Gasteiger partial charge >= 0.3 is 0 Å². The molecule has 20 heavy (non-hydrogen) atoms. The molecule has 5 nitrogen and oxygen atoms in total. The van der Waals surface area contributed by atoms with E-state index in [-0.39, 0.29) is 12.4 Å². The van der Waals surface area contributed by atoms with Crippen molar-refractivity contribution in [3.63, 3.8) is 0 Å². The monoisotopic (exact) mass is 292 g/mol. The number of hydrogen-bond acceptors (Lipinski definition) is 5. The minimum Gasteiger partial charge on any atom is -0.395 e. The van der Waals surface area contributed by atoms with E-state index in [2.05, 4.69) is 10.1 Å². The number of anilines is 1. The first kappa shape index (κ1) is 13.0. The third-order valence-corrected chi connectivity index (χ3v) is 3.97. The molecule has 1 aromatic carbocycles. The average Bonchev–Trinajstić information content (AvgIpc) is 2.98. The first-order valence-corrected chi connectivity index (χ1v) is 6.93. The Labute approximate surface area is 118 Å². The molecule has 0 atom stereocenters. The highest BCUT2D eigenvalue weighted by Gasteiger charge is 2.12. The van der Waals surface area contributed by atoms with Crippen molar-refractivity contribution in [2.24, 2.45) is 0 Å². The molecule has 0 unspecified atom stereocenters. The Hall–Kier alpha value is -1.99. The minimum absolute atomic E-state index is 0.0826. The molecule has 0 aliphatic heterocycles. The lowest BCUT2D eigenvalue weighted by Gasteiger charge is -2.11. The topological polar surface area (TPSA) is 53.7 Å². The summed E-state index contributed by atoms with van der Waals surface area (Å²) in [5.41, 5.74) is 1.62. The van der Waals surface area contributed by atoms with Crippen LogP contribution in [0.4, 0.5) is 9.52 Å². The Morgan fingerprint density at radius 3 is 2.75 bits per heavy atom. The molecule has 3 rings (SSSR count). The molecule has 0 bridgehead atoms. The standard InChI is InChI=1S/C13H13FN4OS/c1-17(6-7-19)13-16-18-8-11(15-12(18)20-13)9-2-4-10(14)5-3-9/h2-5,8,19H,6-7H2,1H3. The van der Waals surface area contributed by atoms with Gasteiger partial charge in [0.15, 0.2) is 0 Å². The fourth-order valence-corrected chi connectivity index (χ4v) is 2.72. The predicted molar refractivity (Wildman–Crippen MR) is 76.6 cm³/mol. The molecule has 0 fully saturated rings. The van der Waals surface area contributed by atoms with Gasteiger partial charge in [0.25, 0.3) is 0 Å². The molecule has 104 valence electrons. The second kappa shape index (κ2) is 5.18. The largest absolute Gasteiger partial charge is 0.395 e. The summed E-state index contributed by atoms with van der Waals surface area (Å²) in [5.74, 6) is -0.263. The molecular formula is C13H13FN4OS. The molecular weight excluding hydrogens is 279 g/mol. The summed E-state index contributed by atoms with van der Waals surface area (Å²) in [4.78, 5) is 7.12. The third-order valence-electron chi connectivity index (χ3n) is 2.93. The van der Waals surface area contributed by atoms with E-state index >= 15 is 0 Å². The lowest BCUT2D eigenvalue weighted by molar-refractivity contribution is 0.304. The first-order valence-electron chi connectivity index (χ1n) is 6.11. The van der Waals surface area contributed by atoms with E-state index in [1.165, 1.54) is 23.5 Å². The van der Waals surface area contributed by atoms with E-state index in [9.17, 15) is 4.39 Å². The molecule has 0 amide bonds. The van der Waals surface area contributed by atoms with Crippen LogP contribution in [0.5, 0.6) is 0 Å². The van der Waals surface area contributed by atoms with Gasteiger partial charge in [0.1, 0.15) is 5.82 Å². The van der Waals surface area contributed by atoms with E-state index in [0.29, 0.717) is 6.54 Å². The maximum Gasteiger partial charge on any atom is 0.214 e. The van der Waals surface area contributed by atoms with Crippen molar-refractivity contribution in [3.05, 3.63) is 36.3 Å². The normalized spacial score (nSPS) is 11.2. The Kier molecular flexibility index (Phi) is 3.37. The number of imidazole rings is 1. The Morgan fingerprint density at radius 1 is 1.35 bits per heavy atom. The van der Waals surface area contributed by atoms with Crippen LogP contribution in [0.1, 0.15) is 0 Å². The quantitative estimate of drug-likeness (QED) is 0.799. The van der Waals surface area contributed by atoms with Gasteiger partial charge in [-0.25, -0.2) is 13.9 Å². The summed E-state index contributed by atoms with van der Waals surface area (Å²) in [6.07, 6.45) is 1.81. The van der Waals surface area contributed by atoms with E-state index in [4.69, 9.17) is 5.11 Å². The predicted octanol–water partition coefficient (Wildman–Crippen LogP) is 2.03. The zero-order chi connectivity index (χ0) is 14.1. The van der Waals surface area contributed by atoms with Crippen LogP contribution in [0.25, 0.3) is 16.2 Å². The second-order valence-corrected chi connectivity index (χ2v) is 5.32. The second-order valence-electron chi connectivity index (χ2n) is 4.39. The van der Waals surface area contributed by atoms with Crippen LogP contribution in [0, 0.1) is 5.82 Å². The van der Waals surface area contributed by atoms with Crippen molar-refractivity contribution < 1.29 is 9.50 Å². The van der Waals surface area contributed by atoms with Crippen LogP contribution in [0.3, 0.4) is 0 Å². The maximum absolute atomic E-state index is 12.9. The lowest BCUT2D eigenvalue weighted by Crippen LogP contribution is -2.20. The maximum atomic E-state index is 12.9. The van der Waals surface area contributed by atoms with Gasteiger partial charge in [0.2, 0.25) is 10.1 Å². The van der Waals surface area contributed by atoms with Crippen molar-refractivity contribution in [2.75, 3.05) is 25.1 Å². The molecule has 0 saturated carbocycles. The van der Waals surface area contributed by atoms with Crippen molar-refractivity contribution in [1.29, 1.82) is 0 Å². The van der Waals surface area contributed by atoms with E-state index in [1.807, 2.05) is 18.1 Å². The number of aromatic nitrogens is 3. The SMILES string of the molecule is CN(CCO)c1nn2cc(-c3ccc(F)cc3)nc2s1. The van der Waals surface area contributed by atoms with E-state index in [0.717, 1.165) is 21.3 Å². The highest BCUT2D eigenvalue weighted by Crippen LogP contribution is 2.26. The van der Waals surface area contributed by atoms with E-state index in [1.54, 1.807) is 16.6 Å². The lowest BCUT2D eigenvalue weighted by atomic mass is 10.2. The zero-order valence-corrected chi connectivity index (χ0v) is 11.6. The summed E-state index contributed by atoms with van der Waals surface area (Å²) < 4.78 is 14.6. The smallest absolute Gasteiger partial charge is 0.214 e. The number of aliphatic hydroxyl groups is 1. The van der Waals surface area contributed by atoms with Gasteiger partial charge in [0.05, 0.1) is 18.5 Å². The van der Waals surface area contributed by atoms with Crippen LogP contribution < -0.4 is 4.90 Å². The highest BCUT2D eigenvalue weighted by molar-refractivity contribution is 7.20. The molecule has 0 spiro atoms. The molecule has 0 radical (unpaired) electrons. The number of likely N-dealkylation sites (N-methyl/N-ethyl adjacent to an activating group) is 1. The third kappa shape index (κ3) is 2.37. The summed E-state index contributed by atoms with van der Waals surface area (Å²) in [5, 5.41) is 14.1. The van der Waals surface area contributed by atoms with Gasteiger partial charge in [-0.3, -0.25) is 0 Å². The van der Waals surface area contributed by atoms with Gasteiger partial charge in [-0.15, -0.1) is 5.10 Å². The average molecular weight is 292 g/mol. The first-order chi connectivity index (χ1) is 9.67. The number of rotatable bonds is 4. The molecule has 2 aromatic heterocycles. The fraction of sp³-hybridized carbons (Fsp3) is 0.231. The summed E-state index contributed by atoms with van der Waals surface area (Å²) in [6, 6.07) is 6.22. The Bertz CT molecular complexity index is 690. The van der Waals surface area contributed by atoms with Crippen LogP contribution in [-0.4, -0.2) is 39.9 Å². The molecule has 2 heterocycles. The Morgan fingerprint density at radius 2 is 2.10 bits per heavy atom. The van der Waals surface area contributed by atoms with Crippen molar-refractivity contribution >= 4 is 21.4 Å². The van der Waals surface area contributed by atoms with Crippen molar-refractivity contribution in [1.82, 2.24) is 14.6 Å². The van der Waals surface area contributed by atoms with Gasteiger partial charge in [-0.05, 0) is 24.3 Å². The molecule has 0 aliphatic carbocycles. The van der Waals surface area contributed by atoms with Gasteiger partial charge in [-0.2, -0.15) is 0 Å². The van der Waals surface area contributed by atoms with Crippen molar-refractivity contribution in [3.8, 4) is 11.3 Å². The summed E-state index contributed by atoms with van der Waals surface area (Å²) in [7, 11) is 1.87. The number of benzene rings is 1. The summed E-state index contributed by atoms with van der Waals surface area (Å²) >= 11 is 1.45. The van der Waals surface area contributed by atoms with Crippen LogP contribution in [0.15, 0.2) is 30.5 Å². The van der Waals surface area contributed by atoms with E-state index < -0.39 is 0 Å². The molecule has 7 heteroatoms. The summed E-state index contributed by atoms with van der Waals surface area (Å²) in [6.45, 7) is 0.612. The number of nitrogens with zero attached hydrogens (tertiary/aromatic N) is 4. The van der Waals surface area contributed by atoms with Crippen LogP contribution >= 0.6 is 11.3 Å². The number of aliphatic hydroxyl groups excluding tert-OH is 1. The zero-order valence-electron chi connectivity index (χ0n) is 10.8. The van der Waals surface area contributed by atoms with Gasteiger partial charge < -0.3 is 10.0 Å². The number of hydrogen-bond donors (Lipinski definition) is 1. The van der Waals surface area contributed by atoms with Crippen LogP contribution in [0.2, 0.25) is 0 Å². The van der Waals surface area contributed by atoms with Gasteiger partial charge in [0, 0.05) is 19.2 Å². The minimum atomic E-state index is -0.263. The van der Waals surface area contributed by atoms with Gasteiger partial charge in [-0.1, -0.05) is 11.3 Å². The number of halogens is 1. The fourth-order valence-electron chi connectivity index (χ4n) is 1.85. The van der Waals surface area contributed by atoms with Crippen molar-refractivity contribution in [2.45, 2.75) is 0 Å². The Balaban J connectivity index is 1.92. The molecule has 1 N–H and O–H groups in total. The van der Waals surface area contributed by atoms with Crippen LogP contribution in [-0.2, 0) is 0 Å². The molecule has 3 aromatic rings. The highest BCUT2D eigenvalue weighted by atomic mass is 32.1. The molecule has 0 aliphatic rings. The number of fused-ring (bicyclic) bond motifs is 1. The molecule has 0 saturated heterocycles.